The maximum atomic E-state index is 13.7. The van der Waals surface area contributed by atoms with Crippen molar-refractivity contribution in [2.24, 2.45) is 5.92 Å². The lowest BCUT2D eigenvalue weighted by Gasteiger charge is -2.37. The number of aliphatic hydroxyl groups excluding tert-OH is 1. The molecule has 1 aliphatic rings. The van der Waals surface area contributed by atoms with Crippen molar-refractivity contribution in [1.29, 1.82) is 0 Å². The fourth-order valence-corrected chi connectivity index (χ4v) is 2.67. The maximum Gasteiger partial charge on any atom is 0.254 e. The zero-order valence-electron chi connectivity index (χ0n) is 11.8. The smallest absolute Gasteiger partial charge is 0.254 e. The summed E-state index contributed by atoms with van der Waals surface area (Å²) in [6, 6.07) is 6.45. The molecule has 2 aromatic rings. The van der Waals surface area contributed by atoms with Gasteiger partial charge in [0.05, 0.1) is 29.6 Å². The van der Waals surface area contributed by atoms with Crippen molar-refractivity contribution < 1.29 is 14.3 Å². The Bertz CT molecular complexity index is 659. The zero-order chi connectivity index (χ0) is 15.5. The number of carbonyl (C=O) groups is 1. The van der Waals surface area contributed by atoms with E-state index in [-0.39, 0.29) is 23.6 Å². The first kappa shape index (κ1) is 14.6. The highest BCUT2D eigenvalue weighted by Gasteiger charge is 2.36. The summed E-state index contributed by atoms with van der Waals surface area (Å²) in [6.45, 7) is 0. The minimum absolute atomic E-state index is 0.0456. The SMILES string of the molecule is O=C(NC(c1ccccn1)C1CC(O)C1)c1ccncc1F. The molecule has 0 radical (unpaired) electrons. The molecule has 1 amide bonds. The molecular weight excluding hydrogens is 285 g/mol. The number of nitrogens with one attached hydrogen (secondary N) is 1. The number of halogens is 1. The molecule has 0 bridgehead atoms. The lowest BCUT2D eigenvalue weighted by Crippen LogP contribution is -2.42. The molecule has 2 heterocycles. The summed E-state index contributed by atoms with van der Waals surface area (Å²) in [5.74, 6) is -1.07. The quantitative estimate of drug-likeness (QED) is 0.904. The molecule has 0 saturated heterocycles. The minimum atomic E-state index is -0.659. The summed E-state index contributed by atoms with van der Waals surface area (Å²) < 4.78 is 13.7. The van der Waals surface area contributed by atoms with Crippen LogP contribution in [0.2, 0.25) is 0 Å². The molecule has 1 saturated carbocycles. The minimum Gasteiger partial charge on any atom is -0.393 e. The topological polar surface area (TPSA) is 75.1 Å². The second-order valence-electron chi connectivity index (χ2n) is 5.45. The number of aromatic nitrogens is 2. The van der Waals surface area contributed by atoms with Gasteiger partial charge >= 0.3 is 0 Å². The van der Waals surface area contributed by atoms with Crippen LogP contribution in [0.25, 0.3) is 0 Å². The van der Waals surface area contributed by atoms with Crippen LogP contribution in [0.4, 0.5) is 4.39 Å². The highest BCUT2D eigenvalue weighted by molar-refractivity contribution is 5.94. The number of hydrogen-bond acceptors (Lipinski definition) is 4. The number of carbonyl (C=O) groups excluding carboxylic acids is 1. The third-order valence-electron chi connectivity index (χ3n) is 3.93. The molecule has 5 nitrogen and oxygen atoms in total. The van der Waals surface area contributed by atoms with Crippen LogP contribution in [-0.4, -0.2) is 27.1 Å². The molecule has 0 aromatic carbocycles. The van der Waals surface area contributed by atoms with Crippen molar-refractivity contribution >= 4 is 5.91 Å². The molecule has 1 fully saturated rings. The van der Waals surface area contributed by atoms with Gasteiger partial charge in [-0.15, -0.1) is 0 Å². The second kappa shape index (κ2) is 6.19. The summed E-state index contributed by atoms with van der Waals surface area (Å²) in [6.07, 6.45) is 4.89. The molecule has 2 N–H and O–H groups in total. The molecule has 0 aliphatic heterocycles. The zero-order valence-corrected chi connectivity index (χ0v) is 11.8. The van der Waals surface area contributed by atoms with E-state index < -0.39 is 11.7 Å². The predicted molar refractivity (Wildman–Crippen MR) is 77.4 cm³/mol. The van der Waals surface area contributed by atoms with Crippen LogP contribution in [0.5, 0.6) is 0 Å². The second-order valence-corrected chi connectivity index (χ2v) is 5.45. The first-order valence-corrected chi connectivity index (χ1v) is 7.14. The molecule has 2 aromatic heterocycles. The Hall–Kier alpha value is -2.34. The van der Waals surface area contributed by atoms with Gasteiger partial charge in [0.1, 0.15) is 0 Å². The van der Waals surface area contributed by atoms with E-state index in [4.69, 9.17) is 0 Å². The summed E-state index contributed by atoms with van der Waals surface area (Å²) in [4.78, 5) is 20.2. The van der Waals surface area contributed by atoms with E-state index in [1.54, 1.807) is 12.3 Å². The van der Waals surface area contributed by atoms with E-state index in [9.17, 15) is 14.3 Å². The standard InChI is InChI=1S/C16H16FN3O2/c17-13-9-18-6-4-12(13)16(22)20-15(10-7-11(21)8-10)14-3-1-2-5-19-14/h1-6,9-11,15,21H,7-8H2,(H,20,22). The average Bonchev–Trinajstić information content (AvgIpc) is 2.51. The van der Waals surface area contributed by atoms with Gasteiger partial charge in [-0.25, -0.2) is 4.39 Å². The number of amides is 1. The van der Waals surface area contributed by atoms with E-state index >= 15 is 0 Å². The molecule has 6 heteroatoms. The van der Waals surface area contributed by atoms with Crippen molar-refractivity contribution in [2.45, 2.75) is 25.0 Å². The van der Waals surface area contributed by atoms with Gasteiger partial charge in [-0.1, -0.05) is 6.07 Å². The molecule has 1 aliphatic carbocycles. The van der Waals surface area contributed by atoms with Gasteiger partial charge in [-0.05, 0) is 37.0 Å². The Morgan fingerprint density at radius 2 is 2.14 bits per heavy atom. The van der Waals surface area contributed by atoms with Gasteiger partial charge in [-0.2, -0.15) is 0 Å². The number of hydrogen-bond donors (Lipinski definition) is 2. The maximum absolute atomic E-state index is 13.7. The first-order chi connectivity index (χ1) is 10.6. The largest absolute Gasteiger partial charge is 0.393 e. The average molecular weight is 301 g/mol. The van der Waals surface area contributed by atoms with Gasteiger partial charge in [0.15, 0.2) is 5.82 Å². The van der Waals surface area contributed by atoms with Crippen molar-refractivity contribution in [3.63, 3.8) is 0 Å². The first-order valence-electron chi connectivity index (χ1n) is 7.14. The van der Waals surface area contributed by atoms with E-state index in [0.717, 1.165) is 6.20 Å². The van der Waals surface area contributed by atoms with E-state index in [1.807, 2.05) is 12.1 Å². The Kier molecular flexibility index (Phi) is 4.11. The van der Waals surface area contributed by atoms with Crippen LogP contribution in [-0.2, 0) is 0 Å². The number of rotatable bonds is 4. The van der Waals surface area contributed by atoms with Crippen LogP contribution in [0.3, 0.4) is 0 Å². The monoisotopic (exact) mass is 301 g/mol. The van der Waals surface area contributed by atoms with Crippen LogP contribution in [0.1, 0.15) is 34.9 Å². The van der Waals surface area contributed by atoms with Crippen molar-refractivity contribution in [1.82, 2.24) is 15.3 Å². The number of pyridine rings is 2. The Labute approximate surface area is 127 Å². The molecule has 0 spiro atoms. The van der Waals surface area contributed by atoms with Crippen LogP contribution in [0.15, 0.2) is 42.9 Å². The number of aliphatic hydroxyl groups is 1. The van der Waals surface area contributed by atoms with Gasteiger partial charge in [0, 0.05) is 12.4 Å². The van der Waals surface area contributed by atoms with Crippen molar-refractivity contribution in [3.05, 3.63) is 59.9 Å². The van der Waals surface area contributed by atoms with Crippen LogP contribution in [0, 0.1) is 11.7 Å². The Morgan fingerprint density at radius 3 is 2.77 bits per heavy atom. The van der Waals surface area contributed by atoms with Gasteiger partial charge in [0.2, 0.25) is 0 Å². The lowest BCUT2D eigenvalue weighted by molar-refractivity contribution is 0.0228. The van der Waals surface area contributed by atoms with Gasteiger partial charge in [-0.3, -0.25) is 14.8 Å². The number of nitrogens with zero attached hydrogens (tertiary/aromatic N) is 2. The van der Waals surface area contributed by atoms with Crippen LogP contribution >= 0.6 is 0 Å². The van der Waals surface area contributed by atoms with Gasteiger partial charge in [0.25, 0.3) is 5.91 Å². The highest BCUT2D eigenvalue weighted by Crippen LogP contribution is 2.37. The molecule has 3 rings (SSSR count). The Balaban J connectivity index is 1.81. The summed E-state index contributed by atoms with van der Waals surface area (Å²) in [7, 11) is 0. The molecule has 1 unspecified atom stereocenters. The summed E-state index contributed by atoms with van der Waals surface area (Å²) in [5.41, 5.74) is 0.665. The molecule has 114 valence electrons. The highest BCUT2D eigenvalue weighted by atomic mass is 19.1. The molecular formula is C16H16FN3O2. The fourth-order valence-electron chi connectivity index (χ4n) is 2.67. The predicted octanol–water partition coefficient (Wildman–Crippen LogP) is 1.86. The van der Waals surface area contributed by atoms with E-state index in [1.165, 1.54) is 12.3 Å². The van der Waals surface area contributed by atoms with Gasteiger partial charge < -0.3 is 10.4 Å². The third kappa shape index (κ3) is 2.96. The van der Waals surface area contributed by atoms with E-state index in [2.05, 4.69) is 15.3 Å². The summed E-state index contributed by atoms with van der Waals surface area (Å²) >= 11 is 0. The molecule has 1 atom stereocenters. The summed E-state index contributed by atoms with van der Waals surface area (Å²) in [5, 5.41) is 12.3. The Morgan fingerprint density at radius 1 is 1.32 bits per heavy atom. The normalized spacial score (nSPS) is 21.7. The lowest BCUT2D eigenvalue weighted by atomic mass is 9.76. The molecule has 22 heavy (non-hydrogen) atoms. The third-order valence-corrected chi connectivity index (χ3v) is 3.93. The fraction of sp³-hybridized carbons (Fsp3) is 0.312. The van der Waals surface area contributed by atoms with E-state index in [0.29, 0.717) is 18.5 Å². The van der Waals surface area contributed by atoms with Crippen molar-refractivity contribution in [3.8, 4) is 0 Å². The van der Waals surface area contributed by atoms with Crippen LogP contribution < -0.4 is 5.32 Å². The van der Waals surface area contributed by atoms with Crippen molar-refractivity contribution in [2.75, 3.05) is 0 Å².